The van der Waals surface area contributed by atoms with Crippen LogP contribution in [0.2, 0.25) is 0 Å². The Morgan fingerprint density at radius 2 is 1.90 bits per heavy atom. The maximum atomic E-state index is 13.6. The average Bonchev–Trinajstić information content (AvgIpc) is 2.42. The van der Waals surface area contributed by atoms with Crippen molar-refractivity contribution in [2.75, 3.05) is 4.72 Å². The van der Waals surface area contributed by atoms with Crippen molar-refractivity contribution >= 4 is 21.7 Å². The molecule has 0 saturated heterocycles. The Morgan fingerprint density at radius 1 is 1.25 bits per heavy atom. The molecule has 0 aliphatic heterocycles. The fourth-order valence-electron chi connectivity index (χ4n) is 2.35. The predicted octanol–water partition coefficient (Wildman–Crippen LogP) is 2.60. The molecule has 1 aromatic rings. The van der Waals surface area contributed by atoms with Gasteiger partial charge in [-0.1, -0.05) is 19.3 Å². The van der Waals surface area contributed by atoms with E-state index in [1.807, 2.05) is 0 Å². The van der Waals surface area contributed by atoms with Gasteiger partial charge in [0.05, 0.1) is 16.5 Å². The Kier molecular flexibility index (Phi) is 4.27. The second kappa shape index (κ2) is 5.78. The SMILES string of the molecule is O=C(O)c1ccc(F)c(NS(=O)(=O)C2CCCCC2)c1. The first-order valence-corrected chi connectivity index (χ1v) is 7.99. The zero-order valence-electron chi connectivity index (χ0n) is 10.8. The summed E-state index contributed by atoms with van der Waals surface area (Å²) in [5, 5.41) is 8.31. The number of benzene rings is 1. The zero-order chi connectivity index (χ0) is 14.8. The normalized spacial score (nSPS) is 16.9. The first kappa shape index (κ1) is 14.8. The molecule has 5 nitrogen and oxygen atoms in total. The third kappa shape index (κ3) is 3.27. The molecule has 0 heterocycles. The number of hydrogen-bond acceptors (Lipinski definition) is 3. The van der Waals surface area contributed by atoms with Gasteiger partial charge in [-0.25, -0.2) is 17.6 Å². The Balaban J connectivity index is 2.24. The molecule has 0 amide bonds. The van der Waals surface area contributed by atoms with Crippen LogP contribution >= 0.6 is 0 Å². The van der Waals surface area contributed by atoms with Gasteiger partial charge in [-0.2, -0.15) is 0 Å². The standard InChI is InChI=1S/C13H16FNO4S/c14-11-7-6-9(13(16)17)8-12(11)15-20(18,19)10-4-2-1-3-5-10/h6-8,10,15H,1-5H2,(H,16,17). The van der Waals surface area contributed by atoms with Crippen LogP contribution in [0.3, 0.4) is 0 Å². The third-order valence-corrected chi connectivity index (χ3v) is 5.31. The molecule has 2 N–H and O–H groups in total. The lowest BCUT2D eigenvalue weighted by molar-refractivity contribution is 0.0697. The molecule has 2 rings (SSSR count). The molecule has 0 spiro atoms. The van der Waals surface area contributed by atoms with Gasteiger partial charge in [-0.3, -0.25) is 4.72 Å². The fourth-order valence-corrected chi connectivity index (χ4v) is 3.93. The van der Waals surface area contributed by atoms with Crippen LogP contribution in [0.25, 0.3) is 0 Å². The van der Waals surface area contributed by atoms with E-state index in [9.17, 15) is 17.6 Å². The third-order valence-electron chi connectivity index (χ3n) is 3.46. The van der Waals surface area contributed by atoms with Crippen LogP contribution in [0.15, 0.2) is 18.2 Å². The van der Waals surface area contributed by atoms with E-state index in [1.54, 1.807) is 0 Å². The Hall–Kier alpha value is -1.63. The highest BCUT2D eigenvalue weighted by Gasteiger charge is 2.28. The quantitative estimate of drug-likeness (QED) is 0.895. The second-order valence-corrected chi connectivity index (χ2v) is 6.87. The van der Waals surface area contributed by atoms with Gasteiger partial charge in [0.1, 0.15) is 5.82 Å². The predicted molar refractivity (Wildman–Crippen MR) is 72.8 cm³/mol. The average molecular weight is 301 g/mol. The van der Waals surface area contributed by atoms with Crippen molar-refractivity contribution in [2.24, 2.45) is 0 Å². The number of anilines is 1. The number of aromatic carboxylic acids is 1. The van der Waals surface area contributed by atoms with Crippen molar-refractivity contribution in [3.05, 3.63) is 29.6 Å². The summed E-state index contributed by atoms with van der Waals surface area (Å²) in [4.78, 5) is 10.8. The zero-order valence-corrected chi connectivity index (χ0v) is 11.6. The van der Waals surface area contributed by atoms with Crippen LogP contribution in [-0.2, 0) is 10.0 Å². The van der Waals surface area contributed by atoms with Crippen LogP contribution in [-0.4, -0.2) is 24.7 Å². The summed E-state index contributed by atoms with van der Waals surface area (Å²) in [5.41, 5.74) is -0.469. The molecule has 1 saturated carbocycles. The minimum atomic E-state index is -3.68. The van der Waals surface area contributed by atoms with E-state index in [2.05, 4.69) is 4.72 Å². The summed E-state index contributed by atoms with van der Waals surface area (Å²) in [6.07, 6.45) is 3.78. The smallest absolute Gasteiger partial charge is 0.335 e. The van der Waals surface area contributed by atoms with E-state index in [4.69, 9.17) is 5.11 Å². The highest BCUT2D eigenvalue weighted by Crippen LogP contribution is 2.26. The van der Waals surface area contributed by atoms with Gasteiger partial charge in [-0.15, -0.1) is 0 Å². The monoisotopic (exact) mass is 301 g/mol. The van der Waals surface area contributed by atoms with Gasteiger partial charge in [0.15, 0.2) is 0 Å². The molecule has 0 bridgehead atoms. The molecule has 1 fully saturated rings. The molecule has 110 valence electrons. The molecule has 1 aliphatic carbocycles. The number of hydrogen-bond donors (Lipinski definition) is 2. The van der Waals surface area contributed by atoms with Crippen molar-refractivity contribution in [1.29, 1.82) is 0 Å². The fraction of sp³-hybridized carbons (Fsp3) is 0.462. The van der Waals surface area contributed by atoms with Crippen molar-refractivity contribution < 1.29 is 22.7 Å². The van der Waals surface area contributed by atoms with E-state index in [0.29, 0.717) is 12.8 Å². The van der Waals surface area contributed by atoms with Crippen LogP contribution < -0.4 is 4.72 Å². The van der Waals surface area contributed by atoms with Crippen LogP contribution in [0.1, 0.15) is 42.5 Å². The van der Waals surface area contributed by atoms with E-state index in [-0.39, 0.29) is 11.3 Å². The molecule has 0 atom stereocenters. The Morgan fingerprint density at radius 3 is 2.50 bits per heavy atom. The topological polar surface area (TPSA) is 83.5 Å². The number of halogens is 1. The van der Waals surface area contributed by atoms with Crippen molar-refractivity contribution in [1.82, 2.24) is 0 Å². The molecule has 0 aromatic heterocycles. The largest absolute Gasteiger partial charge is 0.478 e. The van der Waals surface area contributed by atoms with E-state index in [0.717, 1.165) is 37.5 Å². The molecule has 1 aromatic carbocycles. The van der Waals surface area contributed by atoms with E-state index < -0.39 is 27.1 Å². The molecule has 7 heteroatoms. The highest BCUT2D eigenvalue weighted by atomic mass is 32.2. The number of nitrogens with one attached hydrogen (secondary N) is 1. The molecule has 20 heavy (non-hydrogen) atoms. The summed E-state index contributed by atoms with van der Waals surface area (Å²) in [7, 11) is -3.68. The number of carboxylic acids is 1. The summed E-state index contributed by atoms with van der Waals surface area (Å²) in [5.74, 6) is -2.02. The van der Waals surface area contributed by atoms with Crippen molar-refractivity contribution in [2.45, 2.75) is 37.4 Å². The van der Waals surface area contributed by atoms with Gasteiger partial charge in [-0.05, 0) is 31.0 Å². The lowest BCUT2D eigenvalue weighted by atomic mass is 10.0. The number of carbonyl (C=O) groups is 1. The van der Waals surface area contributed by atoms with E-state index in [1.165, 1.54) is 0 Å². The minimum Gasteiger partial charge on any atom is -0.478 e. The lowest BCUT2D eigenvalue weighted by Crippen LogP contribution is -2.30. The summed E-state index contributed by atoms with van der Waals surface area (Å²) >= 11 is 0. The summed E-state index contributed by atoms with van der Waals surface area (Å²) in [6, 6.07) is 3.04. The number of rotatable bonds is 4. The number of carboxylic acid groups (broad SMARTS) is 1. The van der Waals surface area contributed by atoms with Gasteiger partial charge in [0, 0.05) is 0 Å². The van der Waals surface area contributed by atoms with Gasteiger partial charge in [0.2, 0.25) is 10.0 Å². The lowest BCUT2D eigenvalue weighted by Gasteiger charge is -2.22. The maximum Gasteiger partial charge on any atom is 0.335 e. The second-order valence-electron chi connectivity index (χ2n) is 4.91. The van der Waals surface area contributed by atoms with Gasteiger partial charge < -0.3 is 5.11 Å². The van der Waals surface area contributed by atoms with Gasteiger partial charge >= 0.3 is 5.97 Å². The first-order valence-electron chi connectivity index (χ1n) is 6.44. The summed E-state index contributed by atoms with van der Waals surface area (Å²) in [6.45, 7) is 0. The summed E-state index contributed by atoms with van der Waals surface area (Å²) < 4.78 is 40.1. The highest BCUT2D eigenvalue weighted by molar-refractivity contribution is 7.93. The van der Waals surface area contributed by atoms with Crippen LogP contribution in [0.4, 0.5) is 10.1 Å². The molecule has 1 aliphatic rings. The Labute approximate surface area is 116 Å². The van der Waals surface area contributed by atoms with E-state index >= 15 is 0 Å². The Bertz CT molecular complexity index is 609. The van der Waals surface area contributed by atoms with Crippen LogP contribution in [0.5, 0.6) is 0 Å². The number of sulfonamides is 1. The van der Waals surface area contributed by atoms with Crippen molar-refractivity contribution in [3.63, 3.8) is 0 Å². The maximum absolute atomic E-state index is 13.6. The molecular weight excluding hydrogens is 285 g/mol. The van der Waals surface area contributed by atoms with Gasteiger partial charge in [0.25, 0.3) is 0 Å². The van der Waals surface area contributed by atoms with Crippen molar-refractivity contribution in [3.8, 4) is 0 Å². The first-order chi connectivity index (χ1) is 9.40. The minimum absolute atomic E-state index is 0.159. The molecule has 0 unspecified atom stereocenters. The molecular formula is C13H16FNO4S. The van der Waals surface area contributed by atoms with Crippen LogP contribution in [0, 0.1) is 5.82 Å². The molecule has 0 radical (unpaired) electrons.